The van der Waals surface area contributed by atoms with Crippen molar-refractivity contribution >= 4 is 5.69 Å². The van der Waals surface area contributed by atoms with E-state index >= 15 is 0 Å². The molecule has 3 heteroatoms. The molecule has 1 aliphatic rings. The van der Waals surface area contributed by atoms with E-state index in [0.717, 1.165) is 19.4 Å². The molecule has 0 radical (unpaired) electrons. The van der Waals surface area contributed by atoms with E-state index in [4.69, 9.17) is 0 Å². The average Bonchev–Trinajstić information content (AvgIpc) is 2.56. The summed E-state index contributed by atoms with van der Waals surface area (Å²) in [5.41, 5.74) is 2.40. The SMILES string of the molecule is CNCCC1Cc2cc(O)ccc2N1. The van der Waals surface area contributed by atoms with Crippen LogP contribution in [0.2, 0.25) is 0 Å². The molecule has 0 bridgehead atoms. The quantitative estimate of drug-likeness (QED) is 0.633. The third kappa shape index (κ3) is 1.82. The number of rotatable bonds is 3. The Hall–Kier alpha value is -1.22. The number of phenols is 1. The number of benzene rings is 1. The molecule has 0 spiro atoms. The van der Waals surface area contributed by atoms with Gasteiger partial charge in [-0.05, 0) is 50.2 Å². The van der Waals surface area contributed by atoms with Crippen molar-refractivity contribution in [2.75, 3.05) is 18.9 Å². The highest BCUT2D eigenvalue weighted by molar-refractivity contribution is 5.58. The van der Waals surface area contributed by atoms with Gasteiger partial charge in [0.05, 0.1) is 0 Å². The summed E-state index contributed by atoms with van der Waals surface area (Å²) >= 11 is 0. The second-order valence-electron chi connectivity index (χ2n) is 3.78. The maximum Gasteiger partial charge on any atom is 0.116 e. The minimum Gasteiger partial charge on any atom is -0.508 e. The first-order chi connectivity index (χ1) is 6.79. The largest absolute Gasteiger partial charge is 0.508 e. The first-order valence-corrected chi connectivity index (χ1v) is 5.02. The van der Waals surface area contributed by atoms with Gasteiger partial charge in [-0.15, -0.1) is 0 Å². The standard InChI is InChI=1S/C11H16N2O/c1-12-5-4-9-6-8-7-10(14)2-3-11(8)13-9/h2-3,7,9,12-14H,4-6H2,1H3. The minimum atomic E-state index is 0.361. The fourth-order valence-corrected chi connectivity index (χ4v) is 1.92. The Bertz CT molecular complexity index is 325. The maximum atomic E-state index is 9.32. The van der Waals surface area contributed by atoms with Crippen LogP contribution in [0.25, 0.3) is 0 Å². The van der Waals surface area contributed by atoms with Gasteiger partial charge < -0.3 is 15.7 Å². The highest BCUT2D eigenvalue weighted by Gasteiger charge is 2.19. The van der Waals surface area contributed by atoms with Crippen molar-refractivity contribution in [1.29, 1.82) is 0 Å². The Kier molecular flexibility index (Phi) is 2.59. The lowest BCUT2D eigenvalue weighted by Crippen LogP contribution is -2.21. The van der Waals surface area contributed by atoms with E-state index in [-0.39, 0.29) is 0 Å². The van der Waals surface area contributed by atoms with Gasteiger partial charge in [-0.3, -0.25) is 0 Å². The summed E-state index contributed by atoms with van der Waals surface area (Å²) in [4.78, 5) is 0. The zero-order valence-corrected chi connectivity index (χ0v) is 8.38. The molecule has 0 saturated carbocycles. The van der Waals surface area contributed by atoms with Crippen LogP contribution < -0.4 is 10.6 Å². The average molecular weight is 192 g/mol. The molecule has 2 rings (SSSR count). The Balaban J connectivity index is 2.03. The van der Waals surface area contributed by atoms with Crippen molar-refractivity contribution in [3.8, 4) is 5.75 Å². The summed E-state index contributed by atoms with van der Waals surface area (Å²) in [6, 6.07) is 6.04. The van der Waals surface area contributed by atoms with Crippen molar-refractivity contribution in [3.05, 3.63) is 23.8 Å². The van der Waals surface area contributed by atoms with Crippen molar-refractivity contribution in [2.24, 2.45) is 0 Å². The predicted molar refractivity (Wildman–Crippen MR) is 57.8 cm³/mol. The number of hydrogen-bond donors (Lipinski definition) is 3. The molecule has 1 atom stereocenters. The van der Waals surface area contributed by atoms with Gasteiger partial charge in [-0.1, -0.05) is 0 Å². The zero-order chi connectivity index (χ0) is 9.97. The lowest BCUT2D eigenvalue weighted by Gasteiger charge is -2.09. The smallest absolute Gasteiger partial charge is 0.116 e. The number of nitrogens with one attached hydrogen (secondary N) is 2. The van der Waals surface area contributed by atoms with E-state index in [0.29, 0.717) is 11.8 Å². The third-order valence-electron chi connectivity index (χ3n) is 2.66. The molecular weight excluding hydrogens is 176 g/mol. The number of anilines is 1. The monoisotopic (exact) mass is 192 g/mol. The third-order valence-corrected chi connectivity index (χ3v) is 2.66. The Morgan fingerprint density at radius 2 is 2.43 bits per heavy atom. The van der Waals surface area contributed by atoms with Crippen molar-refractivity contribution in [2.45, 2.75) is 18.9 Å². The molecule has 1 aromatic rings. The van der Waals surface area contributed by atoms with Crippen LogP contribution >= 0.6 is 0 Å². The Morgan fingerprint density at radius 1 is 1.57 bits per heavy atom. The molecule has 14 heavy (non-hydrogen) atoms. The molecule has 0 amide bonds. The summed E-state index contributed by atoms with van der Waals surface area (Å²) < 4.78 is 0. The molecule has 0 aliphatic carbocycles. The predicted octanol–water partition coefficient (Wildman–Crippen LogP) is 1.34. The van der Waals surface area contributed by atoms with E-state index in [1.165, 1.54) is 11.3 Å². The topological polar surface area (TPSA) is 44.3 Å². The molecule has 0 saturated heterocycles. The normalized spacial score (nSPS) is 19.1. The molecular formula is C11H16N2O. The molecule has 0 aromatic heterocycles. The van der Waals surface area contributed by atoms with E-state index in [1.54, 1.807) is 6.07 Å². The lowest BCUT2D eigenvalue weighted by molar-refractivity contribution is 0.475. The fourth-order valence-electron chi connectivity index (χ4n) is 1.92. The molecule has 0 fully saturated rings. The van der Waals surface area contributed by atoms with E-state index < -0.39 is 0 Å². The number of aromatic hydroxyl groups is 1. The molecule has 1 aromatic carbocycles. The number of fused-ring (bicyclic) bond motifs is 1. The molecule has 3 N–H and O–H groups in total. The van der Waals surface area contributed by atoms with Gasteiger partial charge in [-0.25, -0.2) is 0 Å². The summed E-state index contributed by atoms with van der Waals surface area (Å²) in [6.07, 6.45) is 2.14. The van der Waals surface area contributed by atoms with Crippen LogP contribution in [-0.4, -0.2) is 24.7 Å². The first kappa shape index (κ1) is 9.34. The molecule has 1 heterocycles. The van der Waals surface area contributed by atoms with Gasteiger partial charge in [0.2, 0.25) is 0 Å². The van der Waals surface area contributed by atoms with Crippen molar-refractivity contribution in [1.82, 2.24) is 5.32 Å². The van der Waals surface area contributed by atoms with Crippen LogP contribution in [0.3, 0.4) is 0 Å². The maximum absolute atomic E-state index is 9.32. The Morgan fingerprint density at radius 3 is 3.21 bits per heavy atom. The van der Waals surface area contributed by atoms with E-state index in [9.17, 15) is 5.11 Å². The highest BCUT2D eigenvalue weighted by atomic mass is 16.3. The molecule has 3 nitrogen and oxygen atoms in total. The fraction of sp³-hybridized carbons (Fsp3) is 0.455. The van der Waals surface area contributed by atoms with Gasteiger partial charge >= 0.3 is 0 Å². The van der Waals surface area contributed by atoms with Crippen LogP contribution in [0.5, 0.6) is 5.75 Å². The van der Waals surface area contributed by atoms with Gasteiger partial charge in [0.1, 0.15) is 5.75 Å². The van der Waals surface area contributed by atoms with Crippen LogP contribution in [-0.2, 0) is 6.42 Å². The molecule has 76 valence electrons. The van der Waals surface area contributed by atoms with Gasteiger partial charge in [0.15, 0.2) is 0 Å². The van der Waals surface area contributed by atoms with Crippen molar-refractivity contribution in [3.63, 3.8) is 0 Å². The lowest BCUT2D eigenvalue weighted by atomic mass is 10.1. The highest BCUT2D eigenvalue weighted by Crippen LogP contribution is 2.29. The van der Waals surface area contributed by atoms with Crippen LogP contribution in [0.4, 0.5) is 5.69 Å². The molecule has 1 unspecified atom stereocenters. The van der Waals surface area contributed by atoms with Gasteiger partial charge in [0.25, 0.3) is 0 Å². The van der Waals surface area contributed by atoms with E-state index in [1.807, 2.05) is 19.2 Å². The summed E-state index contributed by atoms with van der Waals surface area (Å²) in [7, 11) is 1.97. The van der Waals surface area contributed by atoms with E-state index in [2.05, 4.69) is 10.6 Å². The first-order valence-electron chi connectivity index (χ1n) is 5.02. The second kappa shape index (κ2) is 3.88. The second-order valence-corrected chi connectivity index (χ2v) is 3.78. The number of phenolic OH excluding ortho intramolecular Hbond substituents is 1. The van der Waals surface area contributed by atoms with Crippen LogP contribution in [0, 0.1) is 0 Å². The van der Waals surface area contributed by atoms with Crippen LogP contribution in [0.1, 0.15) is 12.0 Å². The Labute approximate surface area is 84.1 Å². The van der Waals surface area contributed by atoms with Gasteiger partial charge in [-0.2, -0.15) is 0 Å². The summed E-state index contributed by atoms with van der Waals surface area (Å²) in [5.74, 6) is 0.361. The minimum absolute atomic E-state index is 0.361. The van der Waals surface area contributed by atoms with Gasteiger partial charge in [0, 0.05) is 11.7 Å². The van der Waals surface area contributed by atoms with Crippen molar-refractivity contribution < 1.29 is 5.11 Å². The number of hydrogen-bond acceptors (Lipinski definition) is 3. The molecule has 1 aliphatic heterocycles. The summed E-state index contributed by atoms with van der Waals surface area (Å²) in [5, 5.41) is 15.9. The van der Waals surface area contributed by atoms with Crippen LogP contribution in [0.15, 0.2) is 18.2 Å². The zero-order valence-electron chi connectivity index (χ0n) is 8.38. The summed E-state index contributed by atoms with van der Waals surface area (Å²) in [6.45, 7) is 1.03.